The molecule has 0 radical (unpaired) electrons. The number of benzene rings is 1. The first kappa shape index (κ1) is 11.7. The van der Waals surface area contributed by atoms with Crippen LogP contribution in [-0.4, -0.2) is 5.54 Å². The van der Waals surface area contributed by atoms with Crippen molar-refractivity contribution >= 4 is 0 Å². The summed E-state index contributed by atoms with van der Waals surface area (Å²) in [5.41, 5.74) is 9.12. The maximum absolute atomic E-state index is 9.18. The van der Waals surface area contributed by atoms with E-state index in [9.17, 15) is 5.26 Å². The van der Waals surface area contributed by atoms with Gasteiger partial charge in [-0.25, -0.2) is 5.43 Å². The Bertz CT molecular complexity index is 469. The van der Waals surface area contributed by atoms with Gasteiger partial charge in [-0.15, -0.1) is 0 Å². The van der Waals surface area contributed by atoms with E-state index in [0.29, 0.717) is 0 Å². The Hall–Kier alpha value is -1.37. The Kier molecular flexibility index (Phi) is 3.07. The van der Waals surface area contributed by atoms with Crippen LogP contribution in [0.15, 0.2) is 24.3 Å². The Labute approximate surface area is 108 Å². The van der Waals surface area contributed by atoms with E-state index >= 15 is 0 Å². The van der Waals surface area contributed by atoms with Crippen LogP contribution in [0, 0.1) is 11.3 Å². The minimum atomic E-state index is 0.269. The van der Waals surface area contributed by atoms with Gasteiger partial charge in [0.15, 0.2) is 0 Å². The summed E-state index contributed by atoms with van der Waals surface area (Å²) in [6, 6.07) is 10.5. The number of nitriles is 1. The van der Waals surface area contributed by atoms with E-state index in [-0.39, 0.29) is 11.6 Å². The maximum atomic E-state index is 9.18. The fraction of sp³-hybridized carbons (Fsp3) is 0.533. The van der Waals surface area contributed by atoms with Crippen molar-refractivity contribution in [1.82, 2.24) is 10.9 Å². The van der Waals surface area contributed by atoms with Gasteiger partial charge in [0.2, 0.25) is 0 Å². The fourth-order valence-corrected chi connectivity index (χ4v) is 3.38. The average Bonchev–Trinajstić information content (AvgIpc) is 2.83. The van der Waals surface area contributed by atoms with E-state index < -0.39 is 0 Å². The van der Waals surface area contributed by atoms with E-state index in [1.807, 2.05) is 18.2 Å². The Balaban J connectivity index is 1.81. The first-order chi connectivity index (χ1) is 8.83. The molecule has 0 aromatic heterocycles. The molecule has 2 N–H and O–H groups in total. The number of hydrogen-bond acceptors (Lipinski definition) is 3. The average molecular weight is 241 g/mol. The van der Waals surface area contributed by atoms with Gasteiger partial charge in [0.25, 0.3) is 0 Å². The molecule has 2 fully saturated rings. The van der Waals surface area contributed by atoms with Gasteiger partial charge in [-0.05, 0) is 30.9 Å². The van der Waals surface area contributed by atoms with E-state index in [2.05, 4.69) is 23.0 Å². The van der Waals surface area contributed by atoms with Crippen LogP contribution < -0.4 is 10.9 Å². The van der Waals surface area contributed by atoms with Crippen LogP contribution in [0.1, 0.15) is 55.7 Å². The predicted octanol–water partition coefficient (Wildman–Crippen LogP) is 2.80. The van der Waals surface area contributed by atoms with Crippen molar-refractivity contribution in [2.45, 2.75) is 50.1 Å². The molecule has 1 saturated heterocycles. The van der Waals surface area contributed by atoms with Gasteiger partial charge in [-0.1, -0.05) is 37.5 Å². The molecule has 0 amide bonds. The fourth-order valence-electron chi connectivity index (χ4n) is 3.38. The van der Waals surface area contributed by atoms with Crippen molar-refractivity contribution in [3.05, 3.63) is 35.4 Å². The molecule has 18 heavy (non-hydrogen) atoms. The molecule has 1 aromatic rings. The zero-order valence-corrected chi connectivity index (χ0v) is 10.6. The highest BCUT2D eigenvalue weighted by atomic mass is 15.4. The van der Waals surface area contributed by atoms with Crippen molar-refractivity contribution in [3.63, 3.8) is 0 Å². The van der Waals surface area contributed by atoms with Crippen molar-refractivity contribution in [2.75, 3.05) is 0 Å². The molecule has 3 heteroatoms. The lowest BCUT2D eigenvalue weighted by molar-refractivity contribution is 0.252. The number of rotatable bonds is 1. The molecule has 1 heterocycles. The van der Waals surface area contributed by atoms with Gasteiger partial charge in [0.05, 0.1) is 11.6 Å². The summed E-state index contributed by atoms with van der Waals surface area (Å²) < 4.78 is 0. The lowest BCUT2D eigenvalue weighted by Gasteiger charge is -2.32. The van der Waals surface area contributed by atoms with Crippen molar-refractivity contribution in [2.24, 2.45) is 0 Å². The molecule has 2 aliphatic rings. The van der Waals surface area contributed by atoms with E-state index in [0.717, 1.165) is 17.5 Å². The van der Waals surface area contributed by atoms with Gasteiger partial charge in [0.1, 0.15) is 0 Å². The summed E-state index contributed by atoms with van der Waals surface area (Å²) in [6.07, 6.45) is 7.62. The van der Waals surface area contributed by atoms with Gasteiger partial charge < -0.3 is 0 Å². The monoisotopic (exact) mass is 241 g/mol. The lowest BCUT2D eigenvalue weighted by Crippen LogP contribution is -2.45. The summed E-state index contributed by atoms with van der Waals surface area (Å²) in [5, 5.41) is 9.18. The van der Waals surface area contributed by atoms with Gasteiger partial charge in [-0.2, -0.15) is 5.26 Å². The van der Waals surface area contributed by atoms with E-state index in [1.54, 1.807) is 0 Å². The summed E-state index contributed by atoms with van der Waals surface area (Å²) in [4.78, 5) is 0. The Morgan fingerprint density at radius 1 is 1.17 bits per heavy atom. The second-order valence-corrected chi connectivity index (χ2v) is 5.57. The molecule has 3 nitrogen and oxygen atoms in total. The van der Waals surface area contributed by atoms with E-state index in [4.69, 9.17) is 0 Å². The molecule has 1 unspecified atom stereocenters. The van der Waals surface area contributed by atoms with Crippen LogP contribution in [0.4, 0.5) is 0 Å². The van der Waals surface area contributed by atoms with Gasteiger partial charge in [-0.3, -0.25) is 5.43 Å². The number of nitrogens with zero attached hydrogens (tertiary/aromatic N) is 1. The van der Waals surface area contributed by atoms with Crippen LogP contribution in [0.5, 0.6) is 0 Å². The van der Waals surface area contributed by atoms with Crippen LogP contribution >= 0.6 is 0 Å². The maximum Gasteiger partial charge on any atom is 0.0995 e. The highest BCUT2D eigenvalue weighted by Crippen LogP contribution is 2.39. The standard InChI is InChI=1S/C15H19N3/c16-11-12-6-2-3-7-13(12)14-10-15(18-17-14)8-4-1-5-9-15/h2-3,6-7,14,17-18H,1,4-5,8-10H2. The summed E-state index contributed by atoms with van der Waals surface area (Å²) in [7, 11) is 0. The summed E-state index contributed by atoms with van der Waals surface area (Å²) in [5.74, 6) is 0. The highest BCUT2D eigenvalue weighted by Gasteiger charge is 2.40. The topological polar surface area (TPSA) is 47.9 Å². The third-order valence-electron chi connectivity index (χ3n) is 4.37. The SMILES string of the molecule is N#Cc1ccccc1C1CC2(CCCCC2)NN1. The molecule has 1 aliphatic carbocycles. The quantitative estimate of drug-likeness (QED) is 0.795. The molecular weight excluding hydrogens is 222 g/mol. The number of hydrogen-bond donors (Lipinski definition) is 2. The first-order valence-electron chi connectivity index (χ1n) is 6.85. The second kappa shape index (κ2) is 4.72. The Morgan fingerprint density at radius 3 is 2.72 bits per heavy atom. The molecule has 1 saturated carbocycles. The zero-order chi connectivity index (χ0) is 12.4. The van der Waals surface area contributed by atoms with Gasteiger partial charge >= 0.3 is 0 Å². The first-order valence-corrected chi connectivity index (χ1v) is 6.85. The van der Waals surface area contributed by atoms with Gasteiger partial charge in [0, 0.05) is 11.6 Å². The minimum Gasteiger partial charge on any atom is -0.251 e. The molecular formula is C15H19N3. The van der Waals surface area contributed by atoms with Crippen LogP contribution in [0.3, 0.4) is 0 Å². The van der Waals surface area contributed by atoms with E-state index in [1.165, 1.54) is 32.1 Å². The Morgan fingerprint density at radius 2 is 1.94 bits per heavy atom. The summed E-state index contributed by atoms with van der Waals surface area (Å²) in [6.45, 7) is 0. The number of hydrazine groups is 1. The third-order valence-corrected chi connectivity index (χ3v) is 4.37. The lowest BCUT2D eigenvalue weighted by atomic mass is 9.78. The molecule has 3 rings (SSSR count). The molecule has 1 atom stereocenters. The smallest absolute Gasteiger partial charge is 0.0995 e. The van der Waals surface area contributed by atoms with Crippen LogP contribution in [0.2, 0.25) is 0 Å². The minimum absolute atomic E-state index is 0.269. The van der Waals surface area contributed by atoms with Crippen LogP contribution in [-0.2, 0) is 0 Å². The third kappa shape index (κ3) is 2.03. The molecule has 1 spiro atoms. The molecule has 1 aliphatic heterocycles. The highest BCUT2D eigenvalue weighted by molar-refractivity contribution is 5.40. The summed E-state index contributed by atoms with van der Waals surface area (Å²) >= 11 is 0. The zero-order valence-electron chi connectivity index (χ0n) is 10.6. The van der Waals surface area contributed by atoms with Crippen molar-refractivity contribution in [1.29, 1.82) is 5.26 Å². The molecule has 0 bridgehead atoms. The number of nitrogens with one attached hydrogen (secondary N) is 2. The normalized spacial score (nSPS) is 26.1. The molecule has 94 valence electrons. The second-order valence-electron chi connectivity index (χ2n) is 5.57. The predicted molar refractivity (Wildman–Crippen MR) is 70.6 cm³/mol. The van der Waals surface area contributed by atoms with Crippen LogP contribution in [0.25, 0.3) is 0 Å². The molecule has 1 aromatic carbocycles. The largest absolute Gasteiger partial charge is 0.251 e. The van der Waals surface area contributed by atoms with Crippen molar-refractivity contribution in [3.8, 4) is 6.07 Å². The van der Waals surface area contributed by atoms with Crippen molar-refractivity contribution < 1.29 is 0 Å².